The van der Waals surface area contributed by atoms with Gasteiger partial charge in [0.1, 0.15) is 5.82 Å². The number of aromatic nitrogens is 1. The highest BCUT2D eigenvalue weighted by atomic mass is 19.4. The molecule has 0 spiro atoms. The number of rotatable bonds is 6. The second kappa shape index (κ2) is 8.67. The smallest absolute Gasteiger partial charge is 0.391 e. The second-order valence-electron chi connectivity index (χ2n) is 6.84. The number of anilines is 3. The first kappa shape index (κ1) is 21.1. The summed E-state index contributed by atoms with van der Waals surface area (Å²) in [5.41, 5.74) is 6.59. The molecule has 27 heavy (non-hydrogen) atoms. The normalized spacial score (nSPS) is 15.9. The van der Waals surface area contributed by atoms with E-state index in [1.165, 1.54) is 0 Å². The van der Waals surface area contributed by atoms with Gasteiger partial charge in [0.05, 0.1) is 17.2 Å². The van der Waals surface area contributed by atoms with Crippen LogP contribution < -0.4 is 21.3 Å². The molecule has 1 amide bonds. The van der Waals surface area contributed by atoms with Gasteiger partial charge < -0.3 is 21.3 Å². The number of halogens is 3. The maximum atomic E-state index is 12.9. The maximum Gasteiger partial charge on any atom is 0.391 e. The average Bonchev–Trinajstić information content (AvgIpc) is 2.65. The lowest BCUT2D eigenvalue weighted by molar-refractivity contribution is -0.179. The van der Waals surface area contributed by atoms with Gasteiger partial charge in [0.15, 0.2) is 5.82 Å². The summed E-state index contributed by atoms with van der Waals surface area (Å²) in [7, 11) is 1.66. The highest BCUT2D eigenvalue weighted by molar-refractivity contribution is 6.00. The van der Waals surface area contributed by atoms with E-state index in [0.29, 0.717) is 22.9 Å². The van der Waals surface area contributed by atoms with Crippen LogP contribution in [0.25, 0.3) is 0 Å². The zero-order valence-electron chi connectivity index (χ0n) is 16.0. The zero-order chi connectivity index (χ0) is 20.2. The molecule has 1 aromatic heterocycles. The van der Waals surface area contributed by atoms with E-state index in [1.807, 2.05) is 13.8 Å². The number of hydrogen-bond donors (Lipinski definition) is 3. The summed E-state index contributed by atoms with van der Waals surface area (Å²) in [6.45, 7) is 4.34. The molecule has 0 atom stereocenters. The van der Waals surface area contributed by atoms with Crippen LogP contribution in [0.15, 0.2) is 6.07 Å². The second-order valence-corrected chi connectivity index (χ2v) is 6.84. The van der Waals surface area contributed by atoms with E-state index in [4.69, 9.17) is 5.73 Å². The summed E-state index contributed by atoms with van der Waals surface area (Å²) < 4.78 is 38.8. The molecule has 2 heterocycles. The number of carbonyl (C=O) groups excluding carboxylic acids is 1. The van der Waals surface area contributed by atoms with Gasteiger partial charge in [-0.1, -0.05) is 13.8 Å². The minimum atomic E-state index is -4.19. The number of nitrogens with one attached hydrogen (secondary N) is 2. The van der Waals surface area contributed by atoms with Crippen molar-refractivity contribution in [2.45, 2.75) is 51.7 Å². The molecule has 0 aliphatic carbocycles. The van der Waals surface area contributed by atoms with Crippen molar-refractivity contribution in [1.82, 2.24) is 10.3 Å². The molecule has 1 aliphatic heterocycles. The Bertz CT molecular complexity index is 653. The van der Waals surface area contributed by atoms with Crippen molar-refractivity contribution in [3.63, 3.8) is 0 Å². The zero-order valence-corrected chi connectivity index (χ0v) is 16.0. The van der Waals surface area contributed by atoms with Crippen LogP contribution in [0.3, 0.4) is 0 Å². The Labute approximate surface area is 157 Å². The van der Waals surface area contributed by atoms with Crippen molar-refractivity contribution in [3.05, 3.63) is 11.6 Å². The van der Waals surface area contributed by atoms with Crippen LogP contribution in [-0.2, 0) is 0 Å². The number of alkyl halides is 3. The van der Waals surface area contributed by atoms with E-state index in [9.17, 15) is 18.0 Å². The summed E-state index contributed by atoms with van der Waals surface area (Å²) in [5, 5.41) is 5.81. The van der Waals surface area contributed by atoms with Crippen LogP contribution in [0.4, 0.5) is 30.5 Å². The Balaban J connectivity index is 2.30. The highest BCUT2D eigenvalue weighted by Gasteiger charge is 2.41. The van der Waals surface area contributed by atoms with E-state index < -0.39 is 12.1 Å². The quantitative estimate of drug-likeness (QED) is 0.697. The number of pyridine rings is 1. The van der Waals surface area contributed by atoms with Crippen molar-refractivity contribution >= 4 is 23.2 Å². The standard InChI is InChI=1S/C18H28F3N5O/c1-4-12(5-2)24-17(27)13-10-14(22)15(23-3)25-16(13)26-8-6-11(7-9-26)18(19,20)21/h10-12H,4-9,22H2,1-3H3,(H,23,25)(H,24,27). The van der Waals surface area contributed by atoms with Crippen LogP contribution in [-0.4, -0.2) is 43.2 Å². The fraction of sp³-hybridized carbons (Fsp3) is 0.667. The fourth-order valence-corrected chi connectivity index (χ4v) is 3.30. The van der Waals surface area contributed by atoms with Gasteiger partial charge in [0.25, 0.3) is 5.91 Å². The van der Waals surface area contributed by atoms with E-state index in [2.05, 4.69) is 15.6 Å². The van der Waals surface area contributed by atoms with Crippen LogP contribution in [0.5, 0.6) is 0 Å². The first-order valence-corrected chi connectivity index (χ1v) is 9.31. The molecular weight excluding hydrogens is 359 g/mol. The van der Waals surface area contributed by atoms with E-state index >= 15 is 0 Å². The Hall–Kier alpha value is -2.19. The molecule has 0 bridgehead atoms. The SMILES string of the molecule is CCC(CC)NC(=O)c1cc(N)c(NC)nc1N1CCC(C(F)(F)F)CC1. The van der Waals surface area contributed by atoms with Crippen LogP contribution in [0, 0.1) is 5.92 Å². The number of hydrogen-bond acceptors (Lipinski definition) is 5. The Kier molecular flexibility index (Phi) is 6.78. The molecule has 1 aliphatic rings. The molecule has 6 nitrogen and oxygen atoms in total. The average molecular weight is 387 g/mol. The predicted octanol–water partition coefficient (Wildman–Crippen LogP) is 3.40. The molecule has 0 unspecified atom stereocenters. The van der Waals surface area contributed by atoms with Gasteiger partial charge in [0.2, 0.25) is 0 Å². The summed E-state index contributed by atoms with van der Waals surface area (Å²) in [5.74, 6) is -0.841. The molecule has 2 rings (SSSR count). The number of piperidine rings is 1. The van der Waals surface area contributed by atoms with Crippen molar-refractivity contribution in [1.29, 1.82) is 0 Å². The number of nitrogen functional groups attached to an aromatic ring is 1. The van der Waals surface area contributed by atoms with Crippen molar-refractivity contribution in [2.75, 3.05) is 36.1 Å². The fourth-order valence-electron chi connectivity index (χ4n) is 3.30. The van der Waals surface area contributed by atoms with E-state index in [0.717, 1.165) is 12.8 Å². The Morgan fingerprint density at radius 2 is 1.93 bits per heavy atom. The molecular formula is C18H28F3N5O. The molecule has 0 aromatic carbocycles. The third-order valence-electron chi connectivity index (χ3n) is 5.09. The maximum absolute atomic E-state index is 12.9. The van der Waals surface area contributed by atoms with E-state index in [1.54, 1.807) is 18.0 Å². The highest BCUT2D eigenvalue weighted by Crippen LogP contribution is 2.36. The molecule has 1 saturated heterocycles. The van der Waals surface area contributed by atoms with Crippen LogP contribution in [0.2, 0.25) is 0 Å². The monoisotopic (exact) mass is 387 g/mol. The summed E-state index contributed by atoms with van der Waals surface area (Å²) in [4.78, 5) is 18.9. The van der Waals surface area contributed by atoms with Gasteiger partial charge in [-0.25, -0.2) is 4.98 Å². The van der Waals surface area contributed by atoms with Gasteiger partial charge in [-0.3, -0.25) is 4.79 Å². The molecule has 1 aromatic rings. The van der Waals surface area contributed by atoms with Crippen molar-refractivity contribution in [3.8, 4) is 0 Å². The van der Waals surface area contributed by atoms with E-state index in [-0.39, 0.29) is 37.9 Å². The third kappa shape index (κ3) is 4.95. The van der Waals surface area contributed by atoms with Crippen LogP contribution in [0.1, 0.15) is 49.9 Å². The molecule has 0 radical (unpaired) electrons. The van der Waals surface area contributed by atoms with Gasteiger partial charge in [-0.2, -0.15) is 13.2 Å². The van der Waals surface area contributed by atoms with Gasteiger partial charge in [-0.05, 0) is 31.7 Å². The minimum Gasteiger partial charge on any atom is -0.396 e. The summed E-state index contributed by atoms with van der Waals surface area (Å²) in [6.07, 6.45) is -2.65. The lowest BCUT2D eigenvalue weighted by Gasteiger charge is -2.34. The summed E-state index contributed by atoms with van der Waals surface area (Å²) >= 11 is 0. The number of nitrogens with two attached hydrogens (primary N) is 1. The third-order valence-corrected chi connectivity index (χ3v) is 5.09. The van der Waals surface area contributed by atoms with Crippen molar-refractivity contribution < 1.29 is 18.0 Å². The van der Waals surface area contributed by atoms with Crippen molar-refractivity contribution in [2.24, 2.45) is 5.92 Å². The number of amides is 1. The van der Waals surface area contributed by atoms with Gasteiger partial charge in [0, 0.05) is 26.2 Å². The Morgan fingerprint density at radius 3 is 2.41 bits per heavy atom. The molecule has 9 heteroatoms. The van der Waals surface area contributed by atoms with Crippen LogP contribution >= 0.6 is 0 Å². The molecule has 4 N–H and O–H groups in total. The first-order valence-electron chi connectivity index (χ1n) is 9.31. The Morgan fingerprint density at radius 1 is 1.33 bits per heavy atom. The molecule has 0 saturated carbocycles. The number of nitrogens with zero attached hydrogens (tertiary/aromatic N) is 2. The lowest BCUT2D eigenvalue weighted by Crippen LogP contribution is -2.41. The molecule has 1 fully saturated rings. The minimum absolute atomic E-state index is 0.0158. The largest absolute Gasteiger partial charge is 0.396 e. The molecule has 152 valence electrons. The summed E-state index contributed by atoms with van der Waals surface area (Å²) in [6, 6.07) is 1.56. The number of carbonyl (C=O) groups is 1. The predicted molar refractivity (Wildman–Crippen MR) is 101 cm³/mol. The topological polar surface area (TPSA) is 83.3 Å². The van der Waals surface area contributed by atoms with Gasteiger partial charge in [-0.15, -0.1) is 0 Å². The van der Waals surface area contributed by atoms with Gasteiger partial charge >= 0.3 is 6.18 Å². The first-order chi connectivity index (χ1) is 12.7. The lowest BCUT2D eigenvalue weighted by atomic mass is 9.96.